The van der Waals surface area contributed by atoms with E-state index in [1.165, 1.54) is 25.1 Å². The van der Waals surface area contributed by atoms with E-state index in [1.54, 1.807) is 12.1 Å². The molecule has 0 radical (unpaired) electrons. The number of Topliss-reactive ketones (excluding diaryl/α,β-unsaturated/α-hetero) is 1. The molecule has 26 heavy (non-hydrogen) atoms. The topological polar surface area (TPSA) is 66.4 Å². The number of amides is 1. The molecule has 3 aromatic carbocycles. The van der Waals surface area contributed by atoms with Gasteiger partial charge in [0, 0.05) is 12.6 Å². The summed E-state index contributed by atoms with van der Waals surface area (Å²) >= 11 is 0. The van der Waals surface area contributed by atoms with Crippen molar-refractivity contribution in [2.45, 2.75) is 6.92 Å². The monoisotopic (exact) mass is 387 g/mol. The third-order valence-corrected chi connectivity index (χ3v) is 3.10. The summed E-state index contributed by atoms with van der Waals surface area (Å²) in [5.41, 5.74) is 1.24. The van der Waals surface area contributed by atoms with Crippen LogP contribution in [0.2, 0.25) is 0 Å². The van der Waals surface area contributed by atoms with Crippen molar-refractivity contribution < 1.29 is 31.8 Å². The zero-order valence-electron chi connectivity index (χ0n) is 14.0. The molecule has 0 aliphatic carbocycles. The predicted molar refractivity (Wildman–Crippen MR) is 97.7 cm³/mol. The molecule has 3 rings (SSSR count). The minimum atomic E-state index is -0.504. The summed E-state index contributed by atoms with van der Waals surface area (Å²) in [4.78, 5) is 22.9. The molecule has 132 valence electrons. The molecule has 0 atom stereocenters. The van der Waals surface area contributed by atoms with Crippen LogP contribution in [0.15, 0.2) is 72.8 Å². The van der Waals surface area contributed by atoms with Gasteiger partial charge in [-0.3, -0.25) is 9.59 Å². The molecular weight excluding hydrogens is 370 g/mol. The maximum atomic E-state index is 12.0. The summed E-state index contributed by atoms with van der Waals surface area (Å²) in [6.07, 6.45) is 0. The number of ketones is 1. The summed E-state index contributed by atoms with van der Waals surface area (Å²) in [5.74, 6) is 4.25. The van der Waals surface area contributed by atoms with Crippen molar-refractivity contribution in [3.05, 3.63) is 83.9 Å². The SMILES string of the molecule is CC(=O)Nc1ccc(O)c(C(=O)C#Cc2ccc[cH-]2)c1.[Fe+2].c1cc[cH-]c1. The number of hydrogen-bond donors (Lipinski definition) is 2. The third kappa shape index (κ3) is 6.82. The van der Waals surface area contributed by atoms with Crippen LogP contribution >= 0.6 is 0 Å². The number of anilines is 1. The zero-order chi connectivity index (χ0) is 18.1. The number of carbonyl (C=O) groups excluding carboxylic acids is 2. The van der Waals surface area contributed by atoms with Crippen LogP contribution in [-0.2, 0) is 21.9 Å². The number of nitrogens with one attached hydrogen (secondary N) is 1. The molecule has 3 aromatic rings. The van der Waals surface area contributed by atoms with Gasteiger partial charge in [0.1, 0.15) is 5.75 Å². The molecule has 0 saturated heterocycles. The molecule has 0 unspecified atom stereocenters. The average Bonchev–Trinajstić information content (AvgIpc) is 3.30. The third-order valence-electron chi connectivity index (χ3n) is 3.10. The number of hydrogen-bond acceptors (Lipinski definition) is 3. The molecule has 0 aliphatic rings. The normalized spacial score (nSPS) is 8.81. The van der Waals surface area contributed by atoms with Gasteiger partial charge in [0.15, 0.2) is 0 Å². The van der Waals surface area contributed by atoms with Gasteiger partial charge >= 0.3 is 17.1 Å². The smallest absolute Gasteiger partial charge is 0.507 e. The molecule has 0 fully saturated rings. The number of carbonyl (C=O) groups is 2. The van der Waals surface area contributed by atoms with E-state index in [-0.39, 0.29) is 34.3 Å². The molecule has 1 amide bonds. The minimum absolute atomic E-state index is 0. The van der Waals surface area contributed by atoms with Gasteiger partial charge in [-0.1, -0.05) is 5.92 Å². The van der Waals surface area contributed by atoms with Gasteiger partial charge in [0.25, 0.3) is 0 Å². The minimum Gasteiger partial charge on any atom is -0.507 e. The number of rotatable bonds is 2. The van der Waals surface area contributed by atoms with Crippen molar-refractivity contribution in [1.82, 2.24) is 0 Å². The Hall–Kier alpha value is -3.06. The largest absolute Gasteiger partial charge is 2.00 e. The van der Waals surface area contributed by atoms with E-state index in [2.05, 4.69) is 17.2 Å². The summed E-state index contributed by atoms with van der Waals surface area (Å²) in [5, 5.41) is 12.2. The molecule has 0 spiro atoms. The van der Waals surface area contributed by atoms with E-state index in [0.29, 0.717) is 5.69 Å². The molecule has 0 heterocycles. The number of phenols is 1. The molecule has 0 saturated carbocycles. The van der Waals surface area contributed by atoms with Gasteiger partial charge in [-0.25, -0.2) is 12.1 Å². The summed E-state index contributed by atoms with van der Waals surface area (Å²) in [6, 6.07) is 21.5. The van der Waals surface area contributed by atoms with Gasteiger partial charge in [-0.2, -0.15) is 42.3 Å². The van der Waals surface area contributed by atoms with Crippen LogP contribution < -0.4 is 5.32 Å². The molecule has 4 nitrogen and oxygen atoms in total. The fraction of sp³-hybridized carbons (Fsp3) is 0.0476. The van der Waals surface area contributed by atoms with Gasteiger partial charge in [0.05, 0.1) is 5.56 Å². The second-order valence-electron chi connectivity index (χ2n) is 5.13. The fourth-order valence-corrected chi connectivity index (χ4v) is 1.97. The van der Waals surface area contributed by atoms with Crippen LogP contribution in [0.5, 0.6) is 5.75 Å². The Labute approximate surface area is 163 Å². The van der Waals surface area contributed by atoms with Crippen molar-refractivity contribution in [1.29, 1.82) is 0 Å². The average molecular weight is 387 g/mol. The van der Waals surface area contributed by atoms with Crippen molar-refractivity contribution in [3.63, 3.8) is 0 Å². The van der Waals surface area contributed by atoms with E-state index < -0.39 is 5.78 Å². The van der Waals surface area contributed by atoms with Crippen molar-refractivity contribution in [2.75, 3.05) is 5.32 Å². The van der Waals surface area contributed by atoms with Gasteiger partial charge in [-0.15, -0.1) is 11.6 Å². The fourth-order valence-electron chi connectivity index (χ4n) is 1.97. The molecule has 0 aliphatic heterocycles. The first-order valence-corrected chi connectivity index (χ1v) is 7.61. The molecule has 0 aromatic heterocycles. The van der Waals surface area contributed by atoms with Crippen molar-refractivity contribution in [3.8, 4) is 17.6 Å². The van der Waals surface area contributed by atoms with Crippen molar-refractivity contribution in [2.24, 2.45) is 0 Å². The van der Waals surface area contributed by atoms with Crippen LogP contribution in [0.4, 0.5) is 5.69 Å². The Kier molecular flexibility index (Phi) is 8.66. The Bertz CT molecular complexity index is 868. The predicted octanol–water partition coefficient (Wildman–Crippen LogP) is 3.71. The molecular formula is C21H17FeNO3. The van der Waals surface area contributed by atoms with Gasteiger partial charge in [-0.05, 0) is 18.2 Å². The summed E-state index contributed by atoms with van der Waals surface area (Å²) in [6.45, 7) is 1.36. The Balaban J connectivity index is 0.000000486. The van der Waals surface area contributed by atoms with E-state index in [1.807, 2.05) is 42.5 Å². The first kappa shape index (κ1) is 21.0. The maximum absolute atomic E-state index is 12.0. The van der Waals surface area contributed by atoms with Crippen LogP contribution in [0.1, 0.15) is 22.8 Å². The Morgan fingerprint density at radius 2 is 1.81 bits per heavy atom. The zero-order valence-corrected chi connectivity index (χ0v) is 15.1. The molecule has 0 bridgehead atoms. The Morgan fingerprint density at radius 3 is 2.35 bits per heavy atom. The first-order chi connectivity index (χ1) is 12.1. The van der Waals surface area contributed by atoms with E-state index >= 15 is 0 Å². The first-order valence-electron chi connectivity index (χ1n) is 7.61. The molecule has 5 heteroatoms. The number of phenolic OH excluding ortho intramolecular Hbond substituents is 1. The van der Waals surface area contributed by atoms with Gasteiger partial charge < -0.3 is 10.4 Å². The Morgan fingerprint density at radius 1 is 1.08 bits per heavy atom. The quantitative estimate of drug-likeness (QED) is 0.232. The van der Waals surface area contributed by atoms with Crippen LogP contribution in [0.25, 0.3) is 0 Å². The summed E-state index contributed by atoms with van der Waals surface area (Å²) < 4.78 is 0. The second-order valence-corrected chi connectivity index (χ2v) is 5.13. The van der Waals surface area contributed by atoms with E-state index in [9.17, 15) is 14.7 Å². The molecule has 2 N–H and O–H groups in total. The summed E-state index contributed by atoms with van der Waals surface area (Å²) in [7, 11) is 0. The number of benzene rings is 1. The van der Waals surface area contributed by atoms with Crippen LogP contribution in [0.3, 0.4) is 0 Å². The maximum Gasteiger partial charge on any atom is 2.00 e. The van der Waals surface area contributed by atoms with Crippen LogP contribution in [0, 0.1) is 11.8 Å². The van der Waals surface area contributed by atoms with E-state index in [0.717, 1.165) is 5.56 Å². The van der Waals surface area contributed by atoms with E-state index in [4.69, 9.17) is 0 Å². The standard InChI is InChI=1S/C16H12NO3.C5H5.Fe/c1-11(18)17-13-7-9-16(20)14(10-13)15(19)8-6-12-4-2-3-5-12;1-2-4-5-3-1;/h2-5,7,9-10,20H,1H3,(H,17,18);1-5H;/q2*-1;+2. The van der Waals surface area contributed by atoms with Crippen molar-refractivity contribution >= 4 is 17.4 Å². The second kappa shape index (κ2) is 10.7. The van der Waals surface area contributed by atoms with Crippen LogP contribution in [-0.4, -0.2) is 16.8 Å². The van der Waals surface area contributed by atoms with Gasteiger partial charge in [0.2, 0.25) is 11.7 Å². The number of aromatic hydroxyl groups is 1.